The van der Waals surface area contributed by atoms with Crippen LogP contribution in [0, 0.1) is 11.8 Å². The topological polar surface area (TPSA) is 23.6 Å². The van der Waals surface area contributed by atoms with Crippen molar-refractivity contribution in [1.29, 1.82) is 0 Å². The lowest BCUT2D eigenvalue weighted by molar-refractivity contribution is -0.139. The summed E-state index contributed by atoms with van der Waals surface area (Å²) in [7, 11) is 1.98. The summed E-state index contributed by atoms with van der Waals surface area (Å²) in [5.41, 5.74) is 0. The summed E-state index contributed by atoms with van der Waals surface area (Å²) >= 11 is 0. The van der Waals surface area contributed by atoms with E-state index in [0.29, 0.717) is 11.9 Å². The van der Waals surface area contributed by atoms with Gasteiger partial charge in [0.25, 0.3) is 0 Å². The summed E-state index contributed by atoms with van der Waals surface area (Å²) in [6.45, 7) is 7.55. The van der Waals surface area contributed by atoms with Crippen LogP contribution in [-0.2, 0) is 4.79 Å². The van der Waals surface area contributed by atoms with Crippen molar-refractivity contribution in [2.45, 2.75) is 32.7 Å². The fourth-order valence-corrected chi connectivity index (χ4v) is 2.94. The first-order valence-electron chi connectivity index (χ1n) is 6.08. The number of piperidine rings is 3. The maximum absolute atomic E-state index is 11.9. The van der Waals surface area contributed by atoms with Gasteiger partial charge in [0.1, 0.15) is 0 Å². The van der Waals surface area contributed by atoms with Gasteiger partial charge >= 0.3 is 0 Å². The minimum Gasteiger partial charge on any atom is -0.341 e. The van der Waals surface area contributed by atoms with Crippen molar-refractivity contribution in [2.24, 2.45) is 11.8 Å². The SMILES string of the molecule is CC(C)C(=O)N(C)C1CN2CCC1CC2. The molecule has 0 aliphatic carbocycles. The zero-order valence-electron chi connectivity index (χ0n) is 10.1. The second-order valence-corrected chi connectivity index (χ2v) is 5.31. The summed E-state index contributed by atoms with van der Waals surface area (Å²) in [6, 6.07) is 0.474. The molecule has 3 fully saturated rings. The van der Waals surface area contributed by atoms with Crippen LogP contribution in [0.1, 0.15) is 26.7 Å². The molecule has 0 aromatic carbocycles. The lowest BCUT2D eigenvalue weighted by Crippen LogP contribution is -2.58. The summed E-state index contributed by atoms with van der Waals surface area (Å²) in [6.07, 6.45) is 2.56. The van der Waals surface area contributed by atoms with Gasteiger partial charge in [0, 0.05) is 25.6 Å². The number of carbonyl (C=O) groups is 1. The number of likely N-dealkylation sites (N-methyl/N-ethyl adjacent to an activating group) is 1. The van der Waals surface area contributed by atoms with Gasteiger partial charge in [-0.25, -0.2) is 0 Å². The quantitative estimate of drug-likeness (QED) is 0.683. The zero-order valence-corrected chi connectivity index (χ0v) is 10.1. The van der Waals surface area contributed by atoms with E-state index in [4.69, 9.17) is 0 Å². The fourth-order valence-electron chi connectivity index (χ4n) is 2.94. The smallest absolute Gasteiger partial charge is 0.225 e. The molecule has 0 aromatic heterocycles. The predicted octanol–water partition coefficient (Wildman–Crippen LogP) is 1.19. The Balaban J connectivity index is 2.01. The summed E-state index contributed by atoms with van der Waals surface area (Å²) in [5, 5.41) is 0. The molecule has 86 valence electrons. The molecule has 0 aromatic rings. The largest absolute Gasteiger partial charge is 0.341 e. The predicted molar refractivity (Wildman–Crippen MR) is 60.6 cm³/mol. The lowest BCUT2D eigenvalue weighted by Gasteiger charge is -2.48. The standard InChI is InChI=1S/C12H22N2O/c1-9(2)12(15)13(3)11-8-14-6-4-10(11)5-7-14/h9-11H,4-8H2,1-3H3. The van der Waals surface area contributed by atoms with Crippen LogP contribution in [0.4, 0.5) is 0 Å². The van der Waals surface area contributed by atoms with Gasteiger partial charge in [-0.2, -0.15) is 0 Å². The molecule has 3 aliphatic heterocycles. The second kappa shape index (κ2) is 4.12. The molecule has 1 atom stereocenters. The van der Waals surface area contributed by atoms with Gasteiger partial charge in [-0.3, -0.25) is 4.79 Å². The lowest BCUT2D eigenvalue weighted by atomic mass is 9.83. The van der Waals surface area contributed by atoms with Crippen molar-refractivity contribution >= 4 is 5.91 Å². The summed E-state index contributed by atoms with van der Waals surface area (Å²) in [5.74, 6) is 1.18. The molecule has 0 spiro atoms. The molecule has 0 saturated carbocycles. The van der Waals surface area contributed by atoms with E-state index in [-0.39, 0.29) is 5.92 Å². The van der Waals surface area contributed by atoms with Crippen LogP contribution in [0.15, 0.2) is 0 Å². The van der Waals surface area contributed by atoms with Crippen molar-refractivity contribution in [1.82, 2.24) is 9.80 Å². The van der Waals surface area contributed by atoms with E-state index < -0.39 is 0 Å². The first kappa shape index (κ1) is 10.9. The second-order valence-electron chi connectivity index (χ2n) is 5.31. The number of nitrogens with zero attached hydrogens (tertiary/aromatic N) is 2. The molecule has 3 heteroatoms. The highest BCUT2D eigenvalue weighted by molar-refractivity contribution is 5.78. The van der Waals surface area contributed by atoms with Gasteiger partial charge in [-0.05, 0) is 31.8 Å². The highest BCUT2D eigenvalue weighted by Gasteiger charge is 2.37. The Morgan fingerprint density at radius 1 is 1.33 bits per heavy atom. The van der Waals surface area contributed by atoms with E-state index in [2.05, 4.69) is 4.90 Å². The Morgan fingerprint density at radius 2 is 1.93 bits per heavy atom. The van der Waals surface area contributed by atoms with Crippen LogP contribution in [0.5, 0.6) is 0 Å². The number of carbonyl (C=O) groups excluding carboxylic acids is 1. The van der Waals surface area contributed by atoms with E-state index in [0.717, 1.165) is 12.5 Å². The van der Waals surface area contributed by atoms with Crippen molar-refractivity contribution in [3.63, 3.8) is 0 Å². The van der Waals surface area contributed by atoms with Crippen molar-refractivity contribution in [2.75, 3.05) is 26.7 Å². The minimum atomic E-state index is 0.130. The maximum atomic E-state index is 11.9. The van der Waals surface area contributed by atoms with Gasteiger partial charge in [0.05, 0.1) is 0 Å². The van der Waals surface area contributed by atoms with E-state index in [1.54, 1.807) is 0 Å². The molecular formula is C12H22N2O. The Kier molecular flexibility index (Phi) is 3.01. The molecule has 3 saturated heterocycles. The normalized spacial score (nSPS) is 34.5. The Hall–Kier alpha value is -0.570. The maximum Gasteiger partial charge on any atom is 0.225 e. The molecule has 15 heavy (non-hydrogen) atoms. The number of fused-ring (bicyclic) bond motifs is 3. The highest BCUT2D eigenvalue weighted by Crippen LogP contribution is 2.30. The van der Waals surface area contributed by atoms with E-state index >= 15 is 0 Å². The first-order chi connectivity index (χ1) is 7.09. The van der Waals surface area contributed by atoms with Gasteiger partial charge in [-0.15, -0.1) is 0 Å². The monoisotopic (exact) mass is 210 g/mol. The van der Waals surface area contributed by atoms with E-state index in [1.807, 2.05) is 25.8 Å². The zero-order chi connectivity index (χ0) is 11.0. The third-order valence-corrected chi connectivity index (χ3v) is 3.96. The molecule has 0 radical (unpaired) electrons. The van der Waals surface area contributed by atoms with Gasteiger partial charge in [0.2, 0.25) is 5.91 Å². The fraction of sp³-hybridized carbons (Fsp3) is 0.917. The molecular weight excluding hydrogens is 188 g/mol. The van der Waals surface area contributed by atoms with Gasteiger partial charge in [-0.1, -0.05) is 13.8 Å². The number of rotatable bonds is 2. The third kappa shape index (κ3) is 2.03. The average molecular weight is 210 g/mol. The highest BCUT2D eigenvalue weighted by atomic mass is 16.2. The van der Waals surface area contributed by atoms with Crippen LogP contribution >= 0.6 is 0 Å². The molecule has 3 rings (SSSR count). The van der Waals surface area contributed by atoms with Crippen LogP contribution in [-0.4, -0.2) is 48.4 Å². The average Bonchev–Trinajstić information content (AvgIpc) is 2.28. The molecule has 1 unspecified atom stereocenters. The number of hydrogen-bond acceptors (Lipinski definition) is 2. The summed E-state index contributed by atoms with van der Waals surface area (Å²) < 4.78 is 0. The van der Waals surface area contributed by atoms with Crippen molar-refractivity contribution in [3.8, 4) is 0 Å². The van der Waals surface area contributed by atoms with Crippen LogP contribution in [0.2, 0.25) is 0 Å². The van der Waals surface area contributed by atoms with Crippen LogP contribution in [0.3, 0.4) is 0 Å². The van der Waals surface area contributed by atoms with Crippen LogP contribution < -0.4 is 0 Å². The molecule has 1 amide bonds. The number of amides is 1. The van der Waals surface area contributed by atoms with Crippen molar-refractivity contribution in [3.05, 3.63) is 0 Å². The molecule has 0 N–H and O–H groups in total. The molecule has 3 aliphatic rings. The van der Waals surface area contributed by atoms with Crippen LogP contribution in [0.25, 0.3) is 0 Å². The Morgan fingerprint density at radius 3 is 2.33 bits per heavy atom. The first-order valence-corrected chi connectivity index (χ1v) is 6.08. The molecule has 2 bridgehead atoms. The molecule has 3 heterocycles. The Bertz CT molecular complexity index is 244. The van der Waals surface area contributed by atoms with E-state index in [9.17, 15) is 4.79 Å². The Labute approximate surface area is 92.4 Å². The molecule has 3 nitrogen and oxygen atoms in total. The summed E-state index contributed by atoms with van der Waals surface area (Å²) in [4.78, 5) is 16.4. The minimum absolute atomic E-state index is 0.130. The van der Waals surface area contributed by atoms with E-state index in [1.165, 1.54) is 25.9 Å². The van der Waals surface area contributed by atoms with Gasteiger partial charge in [0.15, 0.2) is 0 Å². The van der Waals surface area contributed by atoms with Gasteiger partial charge < -0.3 is 9.80 Å². The third-order valence-electron chi connectivity index (χ3n) is 3.96. The number of hydrogen-bond donors (Lipinski definition) is 0. The van der Waals surface area contributed by atoms with Crippen molar-refractivity contribution < 1.29 is 4.79 Å².